The molecule has 1 aromatic carbocycles. The van der Waals surface area contributed by atoms with Crippen LogP contribution in [0.5, 0.6) is 0 Å². The van der Waals surface area contributed by atoms with E-state index in [9.17, 15) is 39.6 Å². The zero-order valence-electron chi connectivity index (χ0n) is 36.3. The summed E-state index contributed by atoms with van der Waals surface area (Å²) in [5, 5.41) is 74.6. The molecule has 0 saturated heterocycles. The van der Waals surface area contributed by atoms with Crippen LogP contribution in [0.1, 0.15) is 116 Å². The maximum Gasteiger partial charge on any atom is 0.338 e. The molecule has 1 aromatic heterocycles. The van der Waals surface area contributed by atoms with Crippen LogP contribution in [0.2, 0.25) is 0 Å². The topological polar surface area (TPSA) is 267 Å². The highest BCUT2D eigenvalue weighted by Crippen LogP contribution is 2.35. The summed E-state index contributed by atoms with van der Waals surface area (Å²) in [4.78, 5) is 54.1. The number of unbranched alkanes of at least 4 members (excludes halogenated alkanes) is 4. The summed E-state index contributed by atoms with van der Waals surface area (Å²) in [6.07, 6.45) is 6.46. The van der Waals surface area contributed by atoms with Crippen LogP contribution in [0.4, 0.5) is 0 Å². The molecule has 8 N–H and O–H groups in total. The highest BCUT2D eigenvalue weighted by molar-refractivity contribution is 7.16. The largest absolute Gasteiger partial charge is 0.462 e. The van der Waals surface area contributed by atoms with Gasteiger partial charge in [0.05, 0.1) is 94.0 Å². The van der Waals surface area contributed by atoms with Crippen LogP contribution in [0.3, 0.4) is 0 Å². The van der Waals surface area contributed by atoms with Crippen molar-refractivity contribution < 1.29 is 79.0 Å². The van der Waals surface area contributed by atoms with Crippen LogP contribution >= 0.6 is 11.3 Å². The van der Waals surface area contributed by atoms with Crippen molar-refractivity contribution in [3.63, 3.8) is 0 Å². The fourth-order valence-electron chi connectivity index (χ4n) is 5.87. The Hall–Kier alpha value is -4.30. The zero-order valence-corrected chi connectivity index (χ0v) is 37.1. The molecule has 0 aliphatic rings. The van der Waals surface area contributed by atoms with Crippen molar-refractivity contribution in [2.75, 3.05) is 52.9 Å². The molecule has 0 saturated carbocycles. The Morgan fingerprint density at radius 1 is 0.571 bits per heavy atom. The maximum atomic E-state index is 13.3. The first-order valence-electron chi connectivity index (χ1n) is 21.4. The van der Waals surface area contributed by atoms with Crippen molar-refractivity contribution in [3.8, 4) is 10.4 Å². The van der Waals surface area contributed by atoms with E-state index in [2.05, 4.69) is 0 Å². The Bertz CT molecular complexity index is 1730. The Kier molecular flexibility index (Phi) is 27.4. The lowest BCUT2D eigenvalue weighted by molar-refractivity contribution is -0.139. The van der Waals surface area contributed by atoms with Crippen molar-refractivity contribution in [1.29, 1.82) is 0 Å². The van der Waals surface area contributed by atoms with Gasteiger partial charge in [0.25, 0.3) is 0 Å². The highest BCUT2D eigenvalue weighted by Gasteiger charge is 2.19. The predicted octanol–water partition coefficient (Wildman–Crippen LogP) is 4.19. The van der Waals surface area contributed by atoms with Crippen LogP contribution in [0.25, 0.3) is 16.0 Å². The Morgan fingerprint density at radius 2 is 0.984 bits per heavy atom. The molecule has 0 aliphatic carbocycles. The summed E-state index contributed by atoms with van der Waals surface area (Å²) >= 11 is 1.24. The van der Waals surface area contributed by atoms with E-state index >= 15 is 0 Å². The first-order chi connectivity index (χ1) is 30.3. The molecule has 4 atom stereocenters. The number of benzene rings is 1. The number of hydrogen-bond donors (Lipinski definition) is 8. The van der Waals surface area contributed by atoms with Crippen LogP contribution in [0, 0.1) is 0 Å². The van der Waals surface area contributed by atoms with E-state index in [-0.39, 0.29) is 75.1 Å². The molecule has 0 radical (unpaired) electrons. The number of esters is 4. The number of hydrogen-bond acceptors (Lipinski definition) is 17. The van der Waals surface area contributed by atoms with E-state index in [0.717, 1.165) is 0 Å². The molecule has 0 spiro atoms. The van der Waals surface area contributed by atoms with Gasteiger partial charge >= 0.3 is 23.9 Å². The summed E-state index contributed by atoms with van der Waals surface area (Å²) in [6.45, 7) is 1.96. The van der Waals surface area contributed by atoms with Gasteiger partial charge in [0.15, 0.2) is 0 Å². The lowest BCUT2D eigenvalue weighted by Crippen LogP contribution is -2.13. The third-order valence-corrected chi connectivity index (χ3v) is 10.8. The van der Waals surface area contributed by atoms with Gasteiger partial charge in [0.2, 0.25) is 0 Å². The highest BCUT2D eigenvalue weighted by atomic mass is 32.1. The standard InChI is InChI=1S/C46H66O16S/c1-3-32(44(56)60-19-9-5-13-38(52)28-48)23-33(22-31(2)43(55)59-18-8-4-12-37(51)27-47)41-16-17-42(63-41)34-24-35(45(57)61-20-10-6-14-39(53)29-49)26-36(25-34)46(58)62-21-11-7-15-40(54)30-50/h3,16-17,22-26,37-40,47-54H,4-15,18-21,27-30H2,1-2H3/b31-22+,32-3+,33-23+. The van der Waals surface area contributed by atoms with E-state index in [4.69, 9.17) is 39.4 Å². The van der Waals surface area contributed by atoms with E-state index in [1.807, 2.05) is 0 Å². The molecule has 0 amide bonds. The van der Waals surface area contributed by atoms with Gasteiger partial charge in [0.1, 0.15) is 0 Å². The van der Waals surface area contributed by atoms with Gasteiger partial charge in [-0.3, -0.25) is 0 Å². The van der Waals surface area contributed by atoms with Crippen LogP contribution < -0.4 is 0 Å². The van der Waals surface area contributed by atoms with Crippen molar-refractivity contribution in [2.45, 2.75) is 115 Å². The summed E-state index contributed by atoms with van der Waals surface area (Å²) in [5.74, 6) is -2.65. The molecule has 2 rings (SSSR count). The van der Waals surface area contributed by atoms with E-state index < -0.39 is 48.3 Å². The third kappa shape index (κ3) is 21.8. The summed E-state index contributed by atoms with van der Waals surface area (Å²) in [7, 11) is 0. The van der Waals surface area contributed by atoms with Gasteiger partial charge < -0.3 is 59.8 Å². The molecule has 4 unspecified atom stereocenters. The number of ether oxygens (including phenoxy) is 4. The molecular formula is C46H66O16S. The fraction of sp³-hybridized carbons (Fsp3) is 0.565. The lowest BCUT2D eigenvalue weighted by Gasteiger charge is -2.11. The first kappa shape index (κ1) is 54.8. The van der Waals surface area contributed by atoms with Gasteiger partial charge in [-0.05, 0) is 145 Å². The summed E-state index contributed by atoms with van der Waals surface area (Å²) in [5.41, 5.74) is 1.44. The quantitative estimate of drug-likeness (QED) is 0.0168. The van der Waals surface area contributed by atoms with Crippen molar-refractivity contribution in [3.05, 3.63) is 75.7 Å². The van der Waals surface area contributed by atoms with E-state index in [1.54, 1.807) is 56.3 Å². The molecule has 16 nitrogen and oxygen atoms in total. The number of carbonyl (C=O) groups excluding carboxylic acids is 4. The molecule has 1 heterocycles. The molecule has 63 heavy (non-hydrogen) atoms. The normalized spacial score (nSPS) is 14.2. The van der Waals surface area contributed by atoms with Gasteiger partial charge in [0, 0.05) is 15.3 Å². The monoisotopic (exact) mass is 906 g/mol. The SMILES string of the molecule is C\C=C(/C=C(\C=C(/C)C(=O)OCCCCC(O)CO)c1ccc(-c2cc(C(=O)OCCCCC(O)CO)cc(C(=O)OCCCCC(O)CO)c2)s1)C(=O)OCCCCC(O)CO. The molecule has 2 aromatic rings. The number of allylic oxidation sites excluding steroid dienone is 3. The number of aliphatic hydroxyl groups is 8. The zero-order chi connectivity index (χ0) is 46.6. The van der Waals surface area contributed by atoms with E-state index in [0.29, 0.717) is 97.9 Å². The smallest absolute Gasteiger partial charge is 0.338 e. The predicted molar refractivity (Wildman–Crippen MR) is 236 cm³/mol. The first-order valence-corrected chi connectivity index (χ1v) is 22.2. The van der Waals surface area contributed by atoms with Gasteiger partial charge in [-0.2, -0.15) is 0 Å². The number of thiophene rings is 1. The molecule has 0 bridgehead atoms. The van der Waals surface area contributed by atoms with Crippen molar-refractivity contribution >= 4 is 40.8 Å². The second-order valence-corrected chi connectivity index (χ2v) is 16.1. The molecule has 17 heteroatoms. The molecule has 0 aliphatic heterocycles. The Morgan fingerprint density at radius 3 is 1.40 bits per heavy atom. The molecule has 0 fully saturated rings. The van der Waals surface area contributed by atoms with Crippen LogP contribution in [0.15, 0.2) is 59.7 Å². The molecular weight excluding hydrogens is 841 g/mol. The van der Waals surface area contributed by atoms with Crippen molar-refractivity contribution in [2.24, 2.45) is 0 Å². The summed E-state index contributed by atoms with van der Waals surface area (Å²) in [6, 6.07) is 8.00. The fourth-order valence-corrected chi connectivity index (χ4v) is 6.85. The van der Waals surface area contributed by atoms with Gasteiger partial charge in [-0.1, -0.05) is 6.08 Å². The number of carbonyl (C=O) groups is 4. The van der Waals surface area contributed by atoms with Gasteiger partial charge in [-0.15, -0.1) is 11.3 Å². The molecule has 352 valence electrons. The van der Waals surface area contributed by atoms with Gasteiger partial charge in [-0.25, -0.2) is 19.2 Å². The minimum Gasteiger partial charge on any atom is -0.462 e. The number of rotatable bonds is 32. The third-order valence-electron chi connectivity index (χ3n) is 9.63. The van der Waals surface area contributed by atoms with Crippen molar-refractivity contribution in [1.82, 2.24) is 0 Å². The minimum absolute atomic E-state index is 0.0293. The summed E-state index contributed by atoms with van der Waals surface area (Å²) < 4.78 is 21.9. The average molecular weight is 907 g/mol. The Labute approximate surface area is 373 Å². The average Bonchev–Trinajstić information content (AvgIpc) is 3.79. The minimum atomic E-state index is -0.868. The van der Waals surface area contributed by atoms with E-state index in [1.165, 1.54) is 17.4 Å². The Balaban J connectivity index is 2.48. The number of aliphatic hydroxyl groups excluding tert-OH is 8. The van der Waals surface area contributed by atoms with Crippen LogP contribution in [-0.2, 0) is 28.5 Å². The second-order valence-electron chi connectivity index (χ2n) is 15.0. The van der Waals surface area contributed by atoms with Crippen LogP contribution in [-0.4, -0.2) is 142 Å². The second kappa shape index (κ2) is 31.5. The lowest BCUT2D eigenvalue weighted by atomic mass is 10.0. The maximum absolute atomic E-state index is 13.3.